The molecule has 1 aliphatic heterocycles. The maximum absolute atomic E-state index is 11.4. The number of carboxylic acid groups (broad SMARTS) is 1. The lowest BCUT2D eigenvalue weighted by Crippen LogP contribution is -2.45. The molecular formula is C12H15N5O3S. The Hall–Kier alpha value is -1.87. The summed E-state index contributed by atoms with van der Waals surface area (Å²) in [6.07, 6.45) is 3.93. The van der Waals surface area contributed by atoms with E-state index < -0.39 is 12.0 Å². The number of rotatable bonds is 5. The number of hydrogen-bond acceptors (Lipinski definition) is 7. The summed E-state index contributed by atoms with van der Waals surface area (Å²) in [6.45, 7) is 0.795. The SMILES string of the molecule is CSCc1noc(CN2Cc3[nH]cnc3C[C@@H]2C(=O)O)n1. The summed E-state index contributed by atoms with van der Waals surface area (Å²) in [7, 11) is 0. The number of H-pyrrole nitrogens is 1. The van der Waals surface area contributed by atoms with E-state index in [9.17, 15) is 9.90 Å². The largest absolute Gasteiger partial charge is 0.480 e. The highest BCUT2D eigenvalue weighted by Gasteiger charge is 2.33. The van der Waals surface area contributed by atoms with Crippen LogP contribution >= 0.6 is 11.8 Å². The molecule has 8 nitrogen and oxygen atoms in total. The number of carboxylic acids is 1. The second-order valence-corrected chi connectivity index (χ2v) is 5.69. The van der Waals surface area contributed by atoms with Crippen molar-refractivity contribution in [1.29, 1.82) is 0 Å². The van der Waals surface area contributed by atoms with Crippen LogP contribution in [-0.2, 0) is 30.1 Å². The number of hydrogen-bond donors (Lipinski definition) is 2. The van der Waals surface area contributed by atoms with Gasteiger partial charge in [0.15, 0.2) is 5.82 Å². The van der Waals surface area contributed by atoms with Crippen molar-refractivity contribution < 1.29 is 14.4 Å². The smallest absolute Gasteiger partial charge is 0.321 e. The van der Waals surface area contributed by atoms with Crippen molar-refractivity contribution in [3.63, 3.8) is 0 Å². The Balaban J connectivity index is 1.77. The molecule has 0 saturated heterocycles. The molecule has 0 aliphatic carbocycles. The molecular weight excluding hydrogens is 294 g/mol. The van der Waals surface area contributed by atoms with E-state index >= 15 is 0 Å². The van der Waals surface area contributed by atoms with Crippen molar-refractivity contribution in [3.8, 4) is 0 Å². The van der Waals surface area contributed by atoms with E-state index in [4.69, 9.17) is 4.52 Å². The van der Waals surface area contributed by atoms with E-state index in [1.54, 1.807) is 23.0 Å². The zero-order chi connectivity index (χ0) is 14.8. The molecule has 112 valence electrons. The average molecular weight is 309 g/mol. The van der Waals surface area contributed by atoms with E-state index in [2.05, 4.69) is 20.1 Å². The summed E-state index contributed by atoms with van der Waals surface area (Å²) in [4.78, 5) is 24.7. The number of nitrogens with one attached hydrogen (secondary N) is 1. The number of nitrogens with zero attached hydrogens (tertiary/aromatic N) is 4. The van der Waals surface area contributed by atoms with Crippen LogP contribution in [0.1, 0.15) is 23.1 Å². The molecule has 0 amide bonds. The van der Waals surface area contributed by atoms with Crippen molar-refractivity contribution in [3.05, 3.63) is 29.4 Å². The van der Waals surface area contributed by atoms with Crippen LogP contribution in [-0.4, -0.2) is 48.4 Å². The molecule has 0 aromatic carbocycles. The minimum atomic E-state index is -0.868. The summed E-state index contributed by atoms with van der Waals surface area (Å²) >= 11 is 1.61. The summed E-state index contributed by atoms with van der Waals surface area (Å²) in [5.41, 5.74) is 1.75. The molecule has 0 bridgehead atoms. The van der Waals surface area contributed by atoms with Crippen LogP contribution < -0.4 is 0 Å². The van der Waals surface area contributed by atoms with Crippen LogP contribution in [0.3, 0.4) is 0 Å². The van der Waals surface area contributed by atoms with Gasteiger partial charge in [-0.3, -0.25) is 9.69 Å². The van der Waals surface area contributed by atoms with Crippen LogP contribution in [0.15, 0.2) is 10.9 Å². The zero-order valence-corrected chi connectivity index (χ0v) is 12.3. The van der Waals surface area contributed by atoms with Gasteiger partial charge in [0, 0.05) is 13.0 Å². The summed E-state index contributed by atoms with van der Waals surface area (Å²) < 4.78 is 5.18. The second kappa shape index (κ2) is 5.86. The molecule has 0 saturated carbocycles. The van der Waals surface area contributed by atoms with Gasteiger partial charge in [-0.2, -0.15) is 16.7 Å². The maximum atomic E-state index is 11.4. The molecule has 9 heteroatoms. The number of imidazole rings is 1. The normalized spacial score (nSPS) is 18.6. The van der Waals surface area contributed by atoms with Gasteiger partial charge in [0.2, 0.25) is 5.89 Å². The van der Waals surface area contributed by atoms with Gasteiger partial charge in [-0.25, -0.2) is 4.98 Å². The molecule has 3 rings (SSSR count). The molecule has 2 N–H and O–H groups in total. The van der Waals surface area contributed by atoms with E-state index in [0.29, 0.717) is 37.0 Å². The van der Waals surface area contributed by atoms with E-state index in [1.807, 2.05) is 6.26 Å². The van der Waals surface area contributed by atoms with Gasteiger partial charge in [0.25, 0.3) is 0 Å². The highest BCUT2D eigenvalue weighted by Crippen LogP contribution is 2.22. The predicted molar refractivity (Wildman–Crippen MR) is 74.5 cm³/mol. The lowest BCUT2D eigenvalue weighted by molar-refractivity contribution is -0.144. The highest BCUT2D eigenvalue weighted by atomic mass is 32.2. The van der Waals surface area contributed by atoms with Gasteiger partial charge in [0.1, 0.15) is 6.04 Å². The molecule has 2 aromatic heterocycles. The zero-order valence-electron chi connectivity index (χ0n) is 11.4. The minimum Gasteiger partial charge on any atom is -0.480 e. The Labute approximate surface area is 124 Å². The minimum absolute atomic E-state index is 0.316. The Morgan fingerprint density at radius 2 is 2.52 bits per heavy atom. The molecule has 21 heavy (non-hydrogen) atoms. The van der Waals surface area contributed by atoms with Crippen LogP contribution in [0.25, 0.3) is 0 Å². The van der Waals surface area contributed by atoms with Crippen LogP contribution in [0.2, 0.25) is 0 Å². The van der Waals surface area contributed by atoms with E-state index in [-0.39, 0.29) is 0 Å². The molecule has 0 fully saturated rings. The van der Waals surface area contributed by atoms with Gasteiger partial charge in [-0.1, -0.05) is 5.16 Å². The maximum Gasteiger partial charge on any atom is 0.321 e. The van der Waals surface area contributed by atoms with Crippen LogP contribution in [0.4, 0.5) is 0 Å². The van der Waals surface area contributed by atoms with Crippen LogP contribution in [0, 0.1) is 0 Å². The van der Waals surface area contributed by atoms with Crippen molar-refractivity contribution in [2.24, 2.45) is 0 Å². The fourth-order valence-corrected chi connectivity index (χ4v) is 2.79. The van der Waals surface area contributed by atoms with Crippen molar-refractivity contribution >= 4 is 17.7 Å². The van der Waals surface area contributed by atoms with Crippen molar-refractivity contribution in [2.75, 3.05) is 6.26 Å². The Kier molecular flexibility index (Phi) is 3.93. The third-order valence-electron chi connectivity index (χ3n) is 3.40. The number of fused-ring (bicyclic) bond motifs is 1. The second-order valence-electron chi connectivity index (χ2n) is 4.83. The number of aromatic amines is 1. The number of aromatic nitrogens is 4. The average Bonchev–Trinajstić information content (AvgIpc) is 3.07. The van der Waals surface area contributed by atoms with Gasteiger partial charge < -0.3 is 14.6 Å². The Bertz CT molecular complexity index is 640. The first-order chi connectivity index (χ1) is 10.2. The highest BCUT2D eigenvalue weighted by molar-refractivity contribution is 7.97. The van der Waals surface area contributed by atoms with E-state index in [0.717, 1.165) is 11.4 Å². The summed E-state index contributed by atoms with van der Waals surface area (Å²) in [5.74, 6) is 0.876. The number of aliphatic carboxylic acids is 1. The third-order valence-corrected chi connectivity index (χ3v) is 3.95. The topological polar surface area (TPSA) is 108 Å². The van der Waals surface area contributed by atoms with Gasteiger partial charge in [0.05, 0.1) is 30.0 Å². The first-order valence-electron chi connectivity index (χ1n) is 6.45. The standard InChI is InChI=1S/C12H15N5O3S/c1-21-5-10-15-11(20-16-10)4-17-3-8-7(13-6-14-8)2-9(17)12(18)19/h6,9H,2-5H2,1H3,(H,13,14)(H,18,19)/t9-/m1/s1. The van der Waals surface area contributed by atoms with Crippen molar-refractivity contribution in [2.45, 2.75) is 31.3 Å². The first kappa shape index (κ1) is 14.1. The summed E-state index contributed by atoms with van der Waals surface area (Å²) in [6, 6.07) is -0.628. The molecule has 1 aliphatic rings. The number of carbonyl (C=O) groups is 1. The quantitative estimate of drug-likeness (QED) is 0.829. The summed E-state index contributed by atoms with van der Waals surface area (Å²) in [5, 5.41) is 13.3. The third kappa shape index (κ3) is 2.93. The molecule has 1 atom stereocenters. The van der Waals surface area contributed by atoms with Gasteiger partial charge >= 0.3 is 5.97 Å². The predicted octanol–water partition coefficient (Wildman–Crippen LogP) is 0.667. The molecule has 0 spiro atoms. The Morgan fingerprint density at radius 1 is 1.67 bits per heavy atom. The fraction of sp³-hybridized carbons (Fsp3) is 0.500. The monoisotopic (exact) mass is 309 g/mol. The molecule has 0 radical (unpaired) electrons. The van der Waals surface area contributed by atoms with Crippen LogP contribution in [0.5, 0.6) is 0 Å². The first-order valence-corrected chi connectivity index (χ1v) is 7.85. The van der Waals surface area contributed by atoms with Gasteiger partial charge in [-0.15, -0.1) is 0 Å². The Morgan fingerprint density at radius 3 is 3.29 bits per heavy atom. The lowest BCUT2D eigenvalue weighted by atomic mass is 10.0. The lowest BCUT2D eigenvalue weighted by Gasteiger charge is -2.30. The molecule has 0 unspecified atom stereocenters. The molecule has 2 aromatic rings. The van der Waals surface area contributed by atoms with Crippen molar-refractivity contribution in [1.82, 2.24) is 25.0 Å². The fourth-order valence-electron chi connectivity index (χ4n) is 2.41. The molecule has 3 heterocycles. The van der Waals surface area contributed by atoms with E-state index in [1.165, 1.54) is 0 Å². The number of thioether (sulfide) groups is 1. The van der Waals surface area contributed by atoms with Gasteiger partial charge in [-0.05, 0) is 6.26 Å².